The Morgan fingerprint density at radius 2 is 2.17 bits per heavy atom. The maximum absolute atomic E-state index is 12.5. The smallest absolute Gasteiger partial charge is 0.246 e. The number of hydrogen-bond donors (Lipinski definition) is 2. The molecule has 0 unspecified atom stereocenters. The lowest BCUT2D eigenvalue weighted by Crippen LogP contribution is -2.42. The summed E-state index contributed by atoms with van der Waals surface area (Å²) in [5, 5.41) is 2.72. The third-order valence-corrected chi connectivity index (χ3v) is 5.43. The first kappa shape index (κ1) is 16.9. The molecule has 0 aliphatic carbocycles. The molecule has 24 heavy (non-hydrogen) atoms. The summed E-state index contributed by atoms with van der Waals surface area (Å²) in [5.41, 5.74) is 3.06. The van der Waals surface area contributed by atoms with E-state index >= 15 is 0 Å². The number of para-hydroxylation sites is 1. The van der Waals surface area contributed by atoms with Crippen molar-refractivity contribution in [1.29, 1.82) is 0 Å². The molecule has 0 saturated heterocycles. The number of fused-ring (bicyclic) bond motifs is 1. The highest BCUT2D eigenvalue weighted by molar-refractivity contribution is 7.73. The fraction of sp³-hybridized carbons (Fsp3) is 0.353. The molecule has 2 heterocycles. The maximum Gasteiger partial charge on any atom is 0.246 e. The zero-order valence-corrected chi connectivity index (χ0v) is 15.1. The van der Waals surface area contributed by atoms with Crippen molar-refractivity contribution in [3.63, 3.8) is 0 Å². The van der Waals surface area contributed by atoms with Gasteiger partial charge in [0.05, 0.1) is 13.0 Å². The minimum Gasteiger partial charge on any atom is -0.347 e. The van der Waals surface area contributed by atoms with Crippen LogP contribution in [0.25, 0.3) is 0 Å². The Kier molecular flexibility index (Phi) is 5.11. The fourth-order valence-corrected chi connectivity index (χ4v) is 4.17. The van der Waals surface area contributed by atoms with Crippen LogP contribution in [0.4, 0.5) is 5.69 Å². The summed E-state index contributed by atoms with van der Waals surface area (Å²) >= 11 is 6.47. The largest absolute Gasteiger partial charge is 0.347 e. The molecule has 7 heteroatoms. The molecule has 0 saturated carbocycles. The zero-order chi connectivity index (χ0) is 17.1. The number of rotatable bonds is 4. The van der Waals surface area contributed by atoms with E-state index in [0.29, 0.717) is 10.5 Å². The van der Waals surface area contributed by atoms with Gasteiger partial charge in [0.1, 0.15) is 0 Å². The van der Waals surface area contributed by atoms with Gasteiger partial charge < -0.3 is 15.2 Å². The van der Waals surface area contributed by atoms with Crippen molar-refractivity contribution >= 4 is 41.1 Å². The zero-order valence-electron chi connectivity index (χ0n) is 13.4. The van der Waals surface area contributed by atoms with Crippen LogP contribution in [-0.4, -0.2) is 29.9 Å². The van der Waals surface area contributed by atoms with Crippen LogP contribution < -0.4 is 10.2 Å². The van der Waals surface area contributed by atoms with E-state index in [1.54, 1.807) is 4.90 Å². The Morgan fingerprint density at radius 3 is 2.92 bits per heavy atom. The lowest BCUT2D eigenvalue weighted by molar-refractivity contribution is -0.124. The second-order valence-electron chi connectivity index (χ2n) is 5.79. The molecule has 126 valence electrons. The molecule has 1 aromatic carbocycles. The van der Waals surface area contributed by atoms with Gasteiger partial charge in [-0.2, -0.15) is 0 Å². The molecule has 2 N–H and O–H groups in total. The van der Waals surface area contributed by atoms with Crippen LogP contribution in [0.2, 0.25) is 0 Å². The van der Waals surface area contributed by atoms with Gasteiger partial charge in [0, 0.05) is 22.8 Å². The quantitative estimate of drug-likeness (QED) is 0.823. The van der Waals surface area contributed by atoms with Crippen LogP contribution in [-0.2, 0) is 22.4 Å². The monoisotopic (exact) mass is 361 g/mol. The molecule has 1 aliphatic heterocycles. The molecule has 0 fully saturated rings. The van der Waals surface area contributed by atoms with Crippen molar-refractivity contribution in [2.24, 2.45) is 0 Å². The Balaban J connectivity index is 1.59. The second kappa shape index (κ2) is 7.27. The number of nitrogens with zero attached hydrogens (tertiary/aromatic N) is 1. The van der Waals surface area contributed by atoms with E-state index in [4.69, 9.17) is 12.2 Å². The number of aryl methyl sites for hydroxylation is 2. The Hall–Kier alpha value is -1.99. The number of H-pyrrole nitrogens is 1. The third-order valence-electron chi connectivity index (χ3n) is 4.09. The summed E-state index contributed by atoms with van der Waals surface area (Å²) < 4.78 is 0.663. The van der Waals surface area contributed by atoms with Gasteiger partial charge in [-0.3, -0.25) is 9.59 Å². The summed E-state index contributed by atoms with van der Waals surface area (Å²) in [4.78, 5) is 30.3. The predicted molar refractivity (Wildman–Crippen MR) is 98.1 cm³/mol. The van der Waals surface area contributed by atoms with Crippen molar-refractivity contribution in [3.8, 4) is 0 Å². The molecule has 3 rings (SSSR count). The maximum atomic E-state index is 12.5. The summed E-state index contributed by atoms with van der Waals surface area (Å²) in [6.45, 7) is 2.61. The Bertz CT molecular complexity index is 825. The van der Waals surface area contributed by atoms with E-state index in [2.05, 4.69) is 16.4 Å². The minimum atomic E-state index is -0.165. The lowest BCUT2D eigenvalue weighted by Gasteiger charge is -2.29. The second-order valence-corrected chi connectivity index (χ2v) is 7.57. The van der Waals surface area contributed by atoms with Crippen LogP contribution in [0.5, 0.6) is 0 Å². The molecular formula is C17H19N3O2S2. The predicted octanol–water partition coefficient (Wildman–Crippen LogP) is 2.75. The Morgan fingerprint density at radius 1 is 1.38 bits per heavy atom. The molecular weight excluding hydrogens is 342 g/mol. The molecule has 5 nitrogen and oxygen atoms in total. The topological polar surface area (TPSA) is 65.2 Å². The number of thiazole rings is 1. The molecule has 2 aromatic rings. The van der Waals surface area contributed by atoms with E-state index in [1.165, 1.54) is 16.9 Å². The van der Waals surface area contributed by atoms with Gasteiger partial charge in [0.25, 0.3) is 0 Å². The van der Waals surface area contributed by atoms with E-state index in [1.807, 2.05) is 25.1 Å². The van der Waals surface area contributed by atoms with E-state index in [-0.39, 0.29) is 24.8 Å². The number of aromatic amines is 1. The normalized spacial score (nSPS) is 13.5. The molecule has 1 aliphatic rings. The number of nitrogens with one attached hydrogen (secondary N) is 2. The summed E-state index contributed by atoms with van der Waals surface area (Å²) in [7, 11) is 0. The average Bonchev–Trinajstić information content (AvgIpc) is 2.89. The van der Waals surface area contributed by atoms with Gasteiger partial charge in [-0.1, -0.05) is 18.2 Å². The number of aromatic nitrogens is 1. The molecule has 0 spiro atoms. The molecule has 0 radical (unpaired) electrons. The lowest BCUT2D eigenvalue weighted by atomic mass is 10.0. The van der Waals surface area contributed by atoms with Crippen LogP contribution in [0, 0.1) is 10.9 Å². The molecule has 0 bridgehead atoms. The first-order valence-electron chi connectivity index (χ1n) is 7.88. The highest BCUT2D eigenvalue weighted by Crippen LogP contribution is 2.26. The van der Waals surface area contributed by atoms with Crippen LogP contribution in [0.3, 0.4) is 0 Å². The number of carbonyl (C=O) groups excluding carboxylic acids is 2. The highest BCUT2D eigenvalue weighted by atomic mass is 32.1. The van der Waals surface area contributed by atoms with Gasteiger partial charge in [0.15, 0.2) is 3.95 Å². The van der Waals surface area contributed by atoms with E-state index < -0.39 is 0 Å². The fourth-order valence-electron chi connectivity index (χ4n) is 2.88. The summed E-state index contributed by atoms with van der Waals surface area (Å²) in [6, 6.07) is 7.94. The standard InChI is InChI=1S/C17H19N3O2S2/c1-11-14(24-17(23)19-11)9-15(21)18-10-16(22)20-8-4-6-12-5-2-3-7-13(12)20/h2-3,5,7H,4,6,8-10H2,1H3,(H,18,21)(H,19,23). The van der Waals surface area contributed by atoms with Gasteiger partial charge in [-0.15, -0.1) is 11.3 Å². The summed E-state index contributed by atoms with van der Waals surface area (Å²) in [5.74, 6) is -0.240. The SMILES string of the molecule is Cc1[nH]c(=S)sc1CC(=O)NCC(=O)N1CCCc2ccccc21. The first-order chi connectivity index (χ1) is 11.5. The van der Waals surface area contributed by atoms with Crippen molar-refractivity contribution < 1.29 is 9.59 Å². The molecule has 1 aromatic heterocycles. The summed E-state index contributed by atoms with van der Waals surface area (Å²) in [6.07, 6.45) is 2.18. The number of benzene rings is 1. The van der Waals surface area contributed by atoms with Gasteiger partial charge in [0.2, 0.25) is 11.8 Å². The van der Waals surface area contributed by atoms with E-state index in [0.717, 1.165) is 29.1 Å². The number of anilines is 1. The van der Waals surface area contributed by atoms with Crippen LogP contribution >= 0.6 is 23.6 Å². The van der Waals surface area contributed by atoms with Gasteiger partial charge >= 0.3 is 0 Å². The average molecular weight is 361 g/mol. The minimum absolute atomic E-state index is 0.0159. The van der Waals surface area contributed by atoms with Crippen LogP contribution in [0.15, 0.2) is 24.3 Å². The highest BCUT2D eigenvalue weighted by Gasteiger charge is 2.22. The molecule has 2 amide bonds. The number of carbonyl (C=O) groups is 2. The van der Waals surface area contributed by atoms with Gasteiger partial charge in [-0.05, 0) is 43.6 Å². The van der Waals surface area contributed by atoms with Crippen molar-refractivity contribution in [3.05, 3.63) is 44.4 Å². The van der Waals surface area contributed by atoms with Gasteiger partial charge in [-0.25, -0.2) is 0 Å². The molecule has 0 atom stereocenters. The van der Waals surface area contributed by atoms with E-state index in [9.17, 15) is 9.59 Å². The van der Waals surface area contributed by atoms with Crippen molar-refractivity contribution in [1.82, 2.24) is 10.3 Å². The van der Waals surface area contributed by atoms with Crippen molar-refractivity contribution in [2.45, 2.75) is 26.2 Å². The number of amides is 2. The Labute approximate surface area is 149 Å². The third kappa shape index (κ3) is 3.73. The van der Waals surface area contributed by atoms with Crippen molar-refractivity contribution in [2.75, 3.05) is 18.0 Å². The number of hydrogen-bond acceptors (Lipinski definition) is 4. The first-order valence-corrected chi connectivity index (χ1v) is 9.10. The van der Waals surface area contributed by atoms with Crippen LogP contribution in [0.1, 0.15) is 22.6 Å².